The molecule has 4 aromatic rings. The molecule has 2 aliphatic rings. The summed E-state index contributed by atoms with van der Waals surface area (Å²) >= 11 is 0. The third-order valence-corrected chi connectivity index (χ3v) is 11.0. The van der Waals surface area contributed by atoms with Crippen molar-refractivity contribution >= 4 is 45.7 Å². The first-order chi connectivity index (χ1) is 27.8. The van der Waals surface area contributed by atoms with E-state index in [0.29, 0.717) is 17.7 Å². The number of ether oxygens (including phenoxy) is 1. The van der Waals surface area contributed by atoms with E-state index in [1.54, 1.807) is 24.0 Å². The van der Waals surface area contributed by atoms with Crippen LogP contribution in [-0.2, 0) is 11.3 Å². The van der Waals surface area contributed by atoms with Gasteiger partial charge in [-0.1, -0.05) is 100.0 Å². The summed E-state index contributed by atoms with van der Waals surface area (Å²) in [6.45, 7) is 15.3. The third-order valence-electron chi connectivity index (χ3n) is 9.32. The normalized spacial score (nSPS) is 14.1. The Hall–Kier alpha value is -4.90. The molecule has 1 saturated heterocycles. The van der Waals surface area contributed by atoms with E-state index < -0.39 is 10.0 Å². The maximum atomic E-state index is 10.6. The summed E-state index contributed by atoms with van der Waals surface area (Å²) in [7, 11) is 3.52. The Morgan fingerprint density at radius 3 is 2.16 bits per heavy atom. The third kappa shape index (κ3) is 15.1. The highest BCUT2D eigenvalue weighted by Gasteiger charge is 2.25. The smallest absolute Gasteiger partial charge is 0.157 e. The molecular weight excluding hydrogens is 741 g/mol. The second-order valence-corrected chi connectivity index (χ2v) is 18.6. The van der Waals surface area contributed by atoms with Crippen LogP contribution in [-0.4, -0.2) is 94.0 Å². The summed E-state index contributed by atoms with van der Waals surface area (Å²) in [5.41, 5.74) is 8.00. The lowest BCUT2D eigenvalue weighted by atomic mass is 9.89. The van der Waals surface area contributed by atoms with Crippen molar-refractivity contribution in [3.05, 3.63) is 124 Å². The van der Waals surface area contributed by atoms with Gasteiger partial charge >= 0.3 is 0 Å². The van der Waals surface area contributed by atoms with E-state index >= 15 is 0 Å². The number of nitrogens with one attached hydrogen (secondary N) is 3. The number of anilines is 1. The summed E-state index contributed by atoms with van der Waals surface area (Å²) in [6.07, 6.45) is 10.9. The molecule has 314 valence electrons. The van der Waals surface area contributed by atoms with Crippen molar-refractivity contribution in [2.75, 3.05) is 64.0 Å². The number of hydrogen-bond acceptors (Lipinski definition) is 8. The summed E-state index contributed by atoms with van der Waals surface area (Å²) < 4.78 is 5.44. The molecule has 0 radical (unpaired) electrons. The van der Waals surface area contributed by atoms with Crippen molar-refractivity contribution in [2.24, 2.45) is 4.99 Å². The molecule has 2 aliphatic heterocycles. The van der Waals surface area contributed by atoms with Crippen LogP contribution in [0.2, 0.25) is 0 Å². The van der Waals surface area contributed by atoms with Crippen LogP contribution in [0, 0.1) is 17.7 Å². The molecule has 0 spiro atoms. The number of amidine groups is 2. The Bertz CT molecular complexity index is 1930. The molecule has 0 atom stereocenters. The number of hydrogen-bond donors (Lipinski definition) is 3. The number of benzene rings is 4. The fraction of sp³-hybridized carbons (Fsp3) is 0.396. The number of benzodiazepines with no additional fused rings is 1. The molecule has 9 nitrogen and oxygen atoms in total. The predicted octanol–water partition coefficient (Wildman–Crippen LogP) is 10.0. The first-order valence-corrected chi connectivity index (χ1v) is 23.1. The van der Waals surface area contributed by atoms with Gasteiger partial charge in [-0.25, -0.2) is 10.0 Å². The number of likely N-dealkylation sites (tertiary alicyclic amines) is 1. The number of nitrogens with zero attached hydrogens (tertiary/aromatic N) is 3. The number of fused-ring (bicyclic) bond motifs is 1. The second kappa shape index (κ2) is 25.5. The van der Waals surface area contributed by atoms with E-state index in [4.69, 9.17) is 15.6 Å². The van der Waals surface area contributed by atoms with Crippen LogP contribution < -0.4 is 15.0 Å². The van der Waals surface area contributed by atoms with Gasteiger partial charge in [0.05, 0.1) is 17.9 Å². The lowest BCUT2D eigenvalue weighted by Gasteiger charge is -2.29. The fourth-order valence-corrected chi connectivity index (χ4v) is 7.36. The monoisotopic (exact) mass is 809 g/mol. The summed E-state index contributed by atoms with van der Waals surface area (Å²) in [4.78, 5) is 31.0. The van der Waals surface area contributed by atoms with E-state index in [9.17, 15) is 9.59 Å². The van der Waals surface area contributed by atoms with Crippen molar-refractivity contribution in [1.82, 2.24) is 10.2 Å². The van der Waals surface area contributed by atoms with Crippen LogP contribution in [0.25, 0.3) is 0 Å². The molecule has 0 aliphatic carbocycles. The maximum absolute atomic E-state index is 10.6. The first kappa shape index (κ1) is 49.2. The number of aldehydes is 2. The average Bonchev–Trinajstić information content (AvgIpc) is 3.38. The van der Waals surface area contributed by atoms with E-state index in [2.05, 4.69) is 71.4 Å². The van der Waals surface area contributed by atoms with Gasteiger partial charge in [0.25, 0.3) is 0 Å². The highest BCUT2D eigenvalue weighted by Crippen LogP contribution is 2.45. The zero-order valence-corrected chi connectivity index (χ0v) is 37.6. The average molecular weight is 809 g/mol. The van der Waals surface area contributed by atoms with Crippen LogP contribution in [0.3, 0.4) is 0 Å². The Labute approximate surface area is 350 Å². The number of carbonyl (C=O) groups excluding carboxylic acids is 2. The highest BCUT2D eigenvalue weighted by molar-refractivity contribution is 8.32. The van der Waals surface area contributed by atoms with E-state index in [0.717, 1.165) is 46.7 Å². The van der Waals surface area contributed by atoms with Gasteiger partial charge in [-0.15, -0.1) is 0 Å². The molecule has 0 aromatic heterocycles. The van der Waals surface area contributed by atoms with Crippen molar-refractivity contribution in [1.29, 1.82) is 10.8 Å². The fourth-order valence-electron chi connectivity index (χ4n) is 6.39. The minimum atomic E-state index is -0.694. The second-order valence-electron chi connectivity index (χ2n) is 14.4. The molecule has 0 amide bonds. The molecule has 0 unspecified atom stereocenters. The summed E-state index contributed by atoms with van der Waals surface area (Å²) in [5.74, 6) is 1.81. The predicted molar refractivity (Wildman–Crippen MR) is 250 cm³/mol. The van der Waals surface area contributed by atoms with Gasteiger partial charge in [0.1, 0.15) is 30.3 Å². The first-order valence-electron chi connectivity index (χ1n) is 20.2. The lowest BCUT2D eigenvalue weighted by Crippen LogP contribution is -2.35. The van der Waals surface area contributed by atoms with Crippen LogP contribution in [0.4, 0.5) is 5.69 Å². The molecule has 0 bridgehead atoms. The quantitative estimate of drug-likeness (QED) is 0.0880. The lowest BCUT2D eigenvalue weighted by molar-refractivity contribution is -0.109. The van der Waals surface area contributed by atoms with Crippen molar-refractivity contribution in [2.45, 2.75) is 71.7 Å². The Kier molecular flexibility index (Phi) is 21.6. The molecular formula is C48H68N6O3S. The van der Waals surface area contributed by atoms with Crippen molar-refractivity contribution in [3.8, 4) is 5.75 Å². The zero-order valence-electron chi connectivity index (χ0n) is 36.8. The van der Waals surface area contributed by atoms with Gasteiger partial charge in [-0.05, 0) is 119 Å². The van der Waals surface area contributed by atoms with Gasteiger partial charge in [0.2, 0.25) is 0 Å². The molecule has 1 fully saturated rings. The van der Waals surface area contributed by atoms with Crippen LogP contribution in [0.5, 0.6) is 5.75 Å². The topological polar surface area (TPSA) is 122 Å². The van der Waals surface area contributed by atoms with Gasteiger partial charge in [0, 0.05) is 23.2 Å². The molecule has 10 heteroatoms. The minimum Gasteiger partial charge on any atom is -0.486 e. The summed E-state index contributed by atoms with van der Waals surface area (Å²) in [6, 6.07) is 30.3. The van der Waals surface area contributed by atoms with Gasteiger partial charge in [-0.3, -0.25) is 30.3 Å². The van der Waals surface area contributed by atoms with E-state index in [1.807, 2.05) is 90.2 Å². The van der Waals surface area contributed by atoms with Crippen LogP contribution in [0.1, 0.15) is 91.6 Å². The Balaban J connectivity index is 0.000000310. The van der Waals surface area contributed by atoms with Crippen LogP contribution >= 0.6 is 10.0 Å². The van der Waals surface area contributed by atoms with E-state index in [-0.39, 0.29) is 24.8 Å². The zero-order chi connectivity index (χ0) is 43.3. The highest BCUT2D eigenvalue weighted by atomic mass is 32.3. The molecule has 6 rings (SSSR count). The summed E-state index contributed by atoms with van der Waals surface area (Å²) in [5, 5.41) is 19.6. The number of carbonyl (C=O) groups is 2. The van der Waals surface area contributed by atoms with E-state index in [1.165, 1.54) is 42.0 Å². The molecule has 58 heavy (non-hydrogen) atoms. The maximum Gasteiger partial charge on any atom is 0.157 e. The van der Waals surface area contributed by atoms with Gasteiger partial charge in [0.15, 0.2) is 6.29 Å². The van der Waals surface area contributed by atoms with Gasteiger partial charge in [-0.2, -0.15) is 0 Å². The van der Waals surface area contributed by atoms with Crippen LogP contribution in [0.15, 0.2) is 101 Å². The molecule has 0 saturated carbocycles. The number of aryl methyl sites for hydroxylation is 1. The number of piperidine rings is 1. The minimum absolute atomic E-state index is 0.0288. The number of rotatable bonds is 9. The van der Waals surface area contributed by atoms with Gasteiger partial charge < -0.3 is 15.0 Å². The number of aliphatic imine (C=N–C) groups is 1. The van der Waals surface area contributed by atoms with Crippen molar-refractivity contribution in [3.63, 3.8) is 0 Å². The Morgan fingerprint density at radius 2 is 1.57 bits per heavy atom. The molecule has 4 aromatic carbocycles. The molecule has 2 heterocycles. The Morgan fingerprint density at radius 1 is 0.914 bits per heavy atom. The largest absolute Gasteiger partial charge is 0.486 e. The standard InChI is InChI=1S/C20H20N4O2.C14H22N2.C10H14OS.2C2H6/c1-13-3-5-15(6-4-13)20-17-11-16(26-10-9-25)7-8-18(17)24(14(2)21)19(22)12-23-20;1-15-11-12-4-3-5-14(10-12)13-6-8-16(2)9-7-13;1-12(2,3)10-6-4-5-9(7-10)8-11;2*1-2/h3-9,11,21-22H,10,12H2,1-2H3;3-5,10,13,15H,6-9,11H2,1-2H3;4-8H,1-3H3;2*1-2H3. The SMILES string of the molecule is CC.CC.CC(=N)N1C(=N)CN=C(c2ccc(C)cc2)c2cc(OCC=O)ccc21.CNCc1cccc(C2CCN(C)CC2)c1.CS(C)(C)c1cccc(C=O)c1. The van der Waals surface area contributed by atoms with Crippen molar-refractivity contribution < 1.29 is 14.3 Å². The molecule has 3 N–H and O–H groups in total.